The zero-order valence-electron chi connectivity index (χ0n) is 15.0. The summed E-state index contributed by atoms with van der Waals surface area (Å²) in [6.07, 6.45) is 1.84. The highest BCUT2D eigenvalue weighted by molar-refractivity contribution is 6.31. The number of benzene rings is 1. The average Bonchev–Trinajstić information content (AvgIpc) is 3.21. The van der Waals surface area contributed by atoms with E-state index in [0.29, 0.717) is 32.3 Å². The molecule has 29 heavy (non-hydrogen) atoms. The molecule has 3 N–H and O–H groups in total. The van der Waals surface area contributed by atoms with E-state index >= 15 is 0 Å². The molecule has 2 heterocycles. The van der Waals surface area contributed by atoms with Crippen LogP contribution in [0.3, 0.4) is 0 Å². The number of hydroxylamine groups is 1. The lowest BCUT2D eigenvalue weighted by Gasteiger charge is -2.28. The molecule has 0 saturated carbocycles. The molecule has 1 saturated heterocycles. The highest BCUT2D eigenvalue weighted by Gasteiger charge is 2.19. The van der Waals surface area contributed by atoms with E-state index in [9.17, 15) is 9.60 Å². The van der Waals surface area contributed by atoms with Crippen LogP contribution in [-0.4, -0.2) is 58.5 Å². The van der Waals surface area contributed by atoms with Crippen LogP contribution in [0.15, 0.2) is 32.8 Å². The Kier molecular flexibility index (Phi) is 6.90. The van der Waals surface area contributed by atoms with Gasteiger partial charge in [-0.15, -0.1) is 0 Å². The fourth-order valence-electron chi connectivity index (χ4n) is 2.50. The number of rotatable bonds is 4. The summed E-state index contributed by atoms with van der Waals surface area (Å²) in [6.45, 7) is 2.19. The van der Waals surface area contributed by atoms with Crippen LogP contribution in [0.4, 0.5) is 10.1 Å². The minimum Gasteiger partial charge on any atom is -0.378 e. The molecule has 1 fully saturated rings. The summed E-state index contributed by atoms with van der Waals surface area (Å²) in [7, 11) is 0. The number of hydrogen-bond donors (Lipinski definition) is 3. The van der Waals surface area contributed by atoms with E-state index in [0.717, 1.165) is 6.07 Å². The molecule has 2 aromatic rings. The van der Waals surface area contributed by atoms with Crippen molar-refractivity contribution in [1.82, 2.24) is 26.0 Å². The second-order valence-corrected chi connectivity index (χ2v) is 6.11. The monoisotopic (exact) mass is 422 g/mol. The van der Waals surface area contributed by atoms with Crippen LogP contribution in [0.1, 0.15) is 11.4 Å². The highest BCUT2D eigenvalue weighted by Crippen LogP contribution is 2.22. The second kappa shape index (κ2) is 9.78. The van der Waals surface area contributed by atoms with Crippen LogP contribution < -0.4 is 10.8 Å². The number of halogens is 2. The van der Waals surface area contributed by atoms with Gasteiger partial charge in [0.05, 0.1) is 30.5 Å². The summed E-state index contributed by atoms with van der Waals surface area (Å²) in [4.78, 5) is 10.3. The molecule has 3 rings (SSSR count). The summed E-state index contributed by atoms with van der Waals surface area (Å²) < 4.78 is 23.3. The zero-order chi connectivity index (χ0) is 20.6. The number of ether oxygens (including phenoxy) is 1. The quantitative estimate of drug-likeness (QED) is 0.217. The largest absolute Gasteiger partial charge is 0.378 e. The van der Waals surface area contributed by atoms with Crippen LogP contribution >= 0.6 is 11.6 Å². The Bertz CT molecular complexity index is 952. The number of aromatic nitrogens is 2. The van der Waals surface area contributed by atoms with Gasteiger partial charge in [-0.3, -0.25) is 16.0 Å². The van der Waals surface area contributed by atoms with Gasteiger partial charge in [-0.1, -0.05) is 16.8 Å². The molecule has 1 aliphatic heterocycles. The molecule has 0 atom stereocenters. The Morgan fingerprint density at radius 3 is 2.86 bits per heavy atom. The molecule has 0 unspecified atom stereocenters. The van der Waals surface area contributed by atoms with Gasteiger partial charge in [0.1, 0.15) is 11.5 Å². The Morgan fingerprint density at radius 1 is 1.38 bits per heavy atom. The standard InChI is InChI=1S/C16H16ClFN8O3/c17-11-7-10(1-2-12(11)18)22-15(23-27)14-13(24-29-25-14)8-20-16(21-9-19)26-3-5-28-6-4-26/h1-2,7,27H,3-6,8H2,(H,20,21)(H,22,23). The minimum atomic E-state index is -0.595. The van der Waals surface area contributed by atoms with E-state index in [1.807, 2.05) is 16.6 Å². The molecular weight excluding hydrogens is 407 g/mol. The predicted molar refractivity (Wildman–Crippen MR) is 99.1 cm³/mol. The topological polar surface area (TPSA) is 144 Å². The maximum absolute atomic E-state index is 13.3. The van der Waals surface area contributed by atoms with Crippen molar-refractivity contribution in [3.63, 3.8) is 0 Å². The number of nitrogens with zero attached hydrogens (tertiary/aromatic N) is 6. The maximum atomic E-state index is 13.3. The van der Waals surface area contributed by atoms with Crippen molar-refractivity contribution in [1.29, 1.82) is 5.26 Å². The lowest BCUT2D eigenvalue weighted by atomic mass is 10.3. The first kappa shape index (κ1) is 20.5. The molecule has 1 aromatic heterocycles. The SMILES string of the molecule is N#CNC(=NCc1nonc1C(=Nc1ccc(F)c(Cl)c1)NO)N1CCOCC1. The lowest BCUT2D eigenvalue weighted by Crippen LogP contribution is -2.46. The fraction of sp³-hybridized carbons (Fsp3) is 0.312. The molecular formula is C16H16ClFN8O3. The van der Waals surface area contributed by atoms with Gasteiger partial charge < -0.3 is 9.64 Å². The predicted octanol–water partition coefficient (Wildman–Crippen LogP) is 1.18. The van der Waals surface area contributed by atoms with Crippen molar-refractivity contribution in [2.24, 2.45) is 9.98 Å². The number of nitrogens with one attached hydrogen (secondary N) is 2. The van der Waals surface area contributed by atoms with E-state index in [1.54, 1.807) is 0 Å². The van der Waals surface area contributed by atoms with Crippen LogP contribution in [0, 0.1) is 17.3 Å². The van der Waals surface area contributed by atoms with E-state index in [4.69, 9.17) is 26.2 Å². The number of guanidine groups is 1. The average molecular weight is 423 g/mol. The van der Waals surface area contributed by atoms with Crippen molar-refractivity contribution in [2.75, 3.05) is 26.3 Å². The van der Waals surface area contributed by atoms with E-state index < -0.39 is 5.82 Å². The molecule has 0 aliphatic carbocycles. The molecule has 0 radical (unpaired) electrons. The normalized spacial score (nSPS) is 15.2. The summed E-state index contributed by atoms with van der Waals surface area (Å²) in [5.41, 5.74) is 2.53. The first-order chi connectivity index (χ1) is 14.1. The summed E-state index contributed by atoms with van der Waals surface area (Å²) in [5, 5.41) is 28.3. The molecule has 0 spiro atoms. The van der Waals surface area contributed by atoms with Crippen LogP contribution in [0.2, 0.25) is 5.02 Å². The van der Waals surface area contributed by atoms with E-state index in [1.165, 1.54) is 12.1 Å². The molecule has 13 heteroatoms. The number of amidine groups is 1. The molecule has 0 bridgehead atoms. The number of hydrogen-bond acceptors (Lipinski definition) is 8. The first-order valence-electron chi connectivity index (χ1n) is 8.40. The Morgan fingerprint density at radius 2 is 2.17 bits per heavy atom. The molecule has 152 valence electrons. The third kappa shape index (κ3) is 5.17. The molecule has 1 aromatic carbocycles. The van der Waals surface area contributed by atoms with Gasteiger partial charge >= 0.3 is 0 Å². The van der Waals surface area contributed by atoms with Gasteiger partial charge in [-0.25, -0.2) is 19.0 Å². The molecule has 11 nitrogen and oxygen atoms in total. The van der Waals surface area contributed by atoms with Gasteiger partial charge in [-0.2, -0.15) is 5.26 Å². The number of morpholine rings is 1. The van der Waals surface area contributed by atoms with Crippen LogP contribution in [0.25, 0.3) is 0 Å². The minimum absolute atomic E-state index is 0.00885. The summed E-state index contributed by atoms with van der Waals surface area (Å²) >= 11 is 5.75. The van der Waals surface area contributed by atoms with Crippen LogP contribution in [-0.2, 0) is 11.3 Å². The van der Waals surface area contributed by atoms with Gasteiger partial charge in [0.2, 0.25) is 5.96 Å². The maximum Gasteiger partial charge on any atom is 0.207 e. The first-order valence-corrected chi connectivity index (χ1v) is 8.78. The van der Waals surface area contributed by atoms with Crippen molar-refractivity contribution < 1.29 is 19.0 Å². The van der Waals surface area contributed by atoms with Gasteiger partial charge in [0.15, 0.2) is 17.7 Å². The summed E-state index contributed by atoms with van der Waals surface area (Å²) in [5.74, 6) is -0.339. The fourth-order valence-corrected chi connectivity index (χ4v) is 2.67. The summed E-state index contributed by atoms with van der Waals surface area (Å²) in [6, 6.07) is 3.80. The Labute approximate surface area is 169 Å². The van der Waals surface area contributed by atoms with Crippen molar-refractivity contribution in [3.05, 3.63) is 40.4 Å². The number of nitriles is 1. The highest BCUT2D eigenvalue weighted by atomic mass is 35.5. The van der Waals surface area contributed by atoms with Gasteiger partial charge in [0, 0.05) is 13.1 Å². The Balaban J connectivity index is 1.83. The zero-order valence-corrected chi connectivity index (χ0v) is 15.7. The molecule has 1 aliphatic rings. The van der Waals surface area contributed by atoms with Gasteiger partial charge in [-0.05, 0) is 23.4 Å². The smallest absolute Gasteiger partial charge is 0.207 e. The van der Waals surface area contributed by atoms with Gasteiger partial charge in [0.25, 0.3) is 0 Å². The number of aliphatic imine (C=N–C) groups is 2. The van der Waals surface area contributed by atoms with Crippen molar-refractivity contribution in [3.8, 4) is 6.19 Å². The van der Waals surface area contributed by atoms with Crippen molar-refractivity contribution >= 4 is 29.1 Å². The second-order valence-electron chi connectivity index (χ2n) is 5.71. The van der Waals surface area contributed by atoms with E-state index in [2.05, 4.69) is 25.6 Å². The third-order valence-electron chi connectivity index (χ3n) is 3.89. The van der Waals surface area contributed by atoms with Crippen LogP contribution in [0.5, 0.6) is 0 Å². The molecule has 0 amide bonds. The van der Waals surface area contributed by atoms with Crippen molar-refractivity contribution in [2.45, 2.75) is 6.54 Å². The third-order valence-corrected chi connectivity index (χ3v) is 4.18. The van der Waals surface area contributed by atoms with E-state index in [-0.39, 0.29) is 34.5 Å². The Hall–Kier alpha value is -3.27. The lowest BCUT2D eigenvalue weighted by molar-refractivity contribution is 0.0668.